The Morgan fingerprint density at radius 3 is 2.72 bits per heavy atom. The first-order valence-corrected chi connectivity index (χ1v) is 11.2. The average molecular weight is 429 g/mol. The maximum atomic E-state index is 13.2. The summed E-state index contributed by atoms with van der Waals surface area (Å²) in [7, 11) is 1.61. The Bertz CT molecular complexity index is 1120. The van der Waals surface area contributed by atoms with Crippen LogP contribution >= 0.6 is 0 Å². The SMILES string of the molecule is C=C[C@H]1CN2CC[C@H]1C[C@@H]2[C@H](OC(=O)c1ccc(OC)cc1)c1ccnc2ccccc12. The lowest BCUT2D eigenvalue weighted by Gasteiger charge is -2.51. The zero-order chi connectivity index (χ0) is 22.1. The number of fused-ring (bicyclic) bond motifs is 4. The minimum atomic E-state index is -0.369. The highest BCUT2D eigenvalue weighted by Gasteiger charge is 2.44. The van der Waals surface area contributed by atoms with Crippen LogP contribution < -0.4 is 4.74 Å². The van der Waals surface area contributed by atoms with Gasteiger partial charge in [-0.05, 0) is 67.6 Å². The van der Waals surface area contributed by atoms with Crippen LogP contribution in [-0.4, -0.2) is 42.1 Å². The maximum absolute atomic E-state index is 13.2. The fraction of sp³-hybridized carbons (Fsp3) is 0.333. The van der Waals surface area contributed by atoms with E-state index in [2.05, 4.69) is 28.6 Å². The van der Waals surface area contributed by atoms with Crippen LogP contribution in [-0.2, 0) is 4.74 Å². The molecule has 2 bridgehead atoms. The molecule has 2 aromatic carbocycles. The van der Waals surface area contributed by atoms with Crippen molar-refractivity contribution >= 4 is 16.9 Å². The zero-order valence-electron chi connectivity index (χ0n) is 18.3. The monoisotopic (exact) mass is 428 g/mol. The average Bonchev–Trinajstić information content (AvgIpc) is 2.87. The number of pyridine rings is 1. The summed E-state index contributed by atoms with van der Waals surface area (Å²) in [5.74, 6) is 1.48. The Morgan fingerprint density at radius 2 is 2.00 bits per heavy atom. The van der Waals surface area contributed by atoms with Gasteiger partial charge in [-0.25, -0.2) is 4.79 Å². The van der Waals surface area contributed by atoms with Gasteiger partial charge in [-0.1, -0.05) is 24.3 Å². The lowest BCUT2D eigenvalue weighted by molar-refractivity contribution is -0.0568. The van der Waals surface area contributed by atoms with E-state index in [0.717, 1.165) is 36.0 Å². The molecule has 5 atom stereocenters. The third kappa shape index (κ3) is 3.78. The number of hydrogen-bond acceptors (Lipinski definition) is 5. The van der Waals surface area contributed by atoms with E-state index in [4.69, 9.17) is 9.47 Å². The molecule has 32 heavy (non-hydrogen) atoms. The van der Waals surface area contributed by atoms with E-state index < -0.39 is 0 Å². The van der Waals surface area contributed by atoms with Gasteiger partial charge in [0.15, 0.2) is 0 Å². The molecule has 0 saturated carbocycles. The third-order valence-electron chi connectivity index (χ3n) is 7.05. The van der Waals surface area contributed by atoms with Gasteiger partial charge in [0.1, 0.15) is 11.9 Å². The third-order valence-corrected chi connectivity index (χ3v) is 7.05. The number of esters is 1. The first-order chi connectivity index (χ1) is 15.7. The first-order valence-electron chi connectivity index (χ1n) is 11.2. The predicted octanol–water partition coefficient (Wildman–Crippen LogP) is 5.04. The quantitative estimate of drug-likeness (QED) is 0.407. The number of methoxy groups -OCH3 is 1. The largest absolute Gasteiger partial charge is 0.497 e. The van der Waals surface area contributed by atoms with Crippen LogP contribution in [0.1, 0.15) is 34.9 Å². The lowest BCUT2D eigenvalue weighted by atomic mass is 9.73. The van der Waals surface area contributed by atoms with Crippen molar-refractivity contribution in [2.24, 2.45) is 11.8 Å². The molecule has 1 aromatic heterocycles. The highest BCUT2D eigenvalue weighted by molar-refractivity contribution is 5.90. The van der Waals surface area contributed by atoms with Gasteiger partial charge in [0.05, 0.1) is 24.2 Å². The highest BCUT2D eigenvalue weighted by Crippen LogP contribution is 2.43. The summed E-state index contributed by atoms with van der Waals surface area (Å²) in [5, 5.41) is 1.03. The van der Waals surface area contributed by atoms with Gasteiger partial charge in [-0.2, -0.15) is 0 Å². The normalized spacial score (nSPS) is 25.3. The summed E-state index contributed by atoms with van der Waals surface area (Å²) >= 11 is 0. The second-order valence-corrected chi connectivity index (χ2v) is 8.72. The standard InChI is InChI=1S/C27H28N2O3/c1-3-18-17-29-15-13-20(18)16-25(29)26(23-12-14-28-24-7-5-4-6-22(23)24)32-27(30)19-8-10-21(31-2)11-9-19/h3-12,14,18,20,25-26H,1,13,15-17H2,2H3/t18-,20-,25+,26+/m0/s1. The molecule has 4 heterocycles. The summed E-state index contributed by atoms with van der Waals surface area (Å²) in [6, 6.07) is 17.3. The molecular weight excluding hydrogens is 400 g/mol. The van der Waals surface area contributed by atoms with Crippen molar-refractivity contribution in [2.75, 3.05) is 20.2 Å². The van der Waals surface area contributed by atoms with Gasteiger partial charge in [0.2, 0.25) is 0 Å². The molecule has 3 aromatic rings. The molecule has 164 valence electrons. The number of piperidine rings is 3. The molecule has 0 amide bonds. The molecule has 0 radical (unpaired) electrons. The predicted molar refractivity (Wildman–Crippen MR) is 125 cm³/mol. The molecule has 0 N–H and O–H groups in total. The van der Waals surface area contributed by atoms with Crippen LogP contribution in [0.4, 0.5) is 0 Å². The van der Waals surface area contributed by atoms with E-state index in [-0.39, 0.29) is 18.1 Å². The van der Waals surface area contributed by atoms with Gasteiger partial charge in [-0.15, -0.1) is 6.58 Å². The smallest absolute Gasteiger partial charge is 0.338 e. The maximum Gasteiger partial charge on any atom is 0.338 e. The van der Waals surface area contributed by atoms with E-state index >= 15 is 0 Å². The van der Waals surface area contributed by atoms with Crippen molar-refractivity contribution in [1.29, 1.82) is 0 Å². The molecular formula is C27H28N2O3. The van der Waals surface area contributed by atoms with E-state index in [9.17, 15) is 4.79 Å². The summed E-state index contributed by atoms with van der Waals surface area (Å²) < 4.78 is 11.5. The Balaban J connectivity index is 1.52. The molecule has 1 unspecified atom stereocenters. The molecule has 0 aliphatic carbocycles. The van der Waals surface area contributed by atoms with E-state index in [0.29, 0.717) is 23.1 Å². The molecule has 5 heteroatoms. The Morgan fingerprint density at radius 1 is 1.19 bits per heavy atom. The number of hydrogen-bond donors (Lipinski definition) is 0. The lowest BCUT2D eigenvalue weighted by Crippen LogP contribution is -2.55. The topological polar surface area (TPSA) is 51.7 Å². The van der Waals surface area contributed by atoms with E-state index in [1.807, 2.05) is 30.5 Å². The Kier molecular flexibility index (Phi) is 5.66. The van der Waals surface area contributed by atoms with E-state index in [1.54, 1.807) is 31.4 Å². The van der Waals surface area contributed by atoms with Gasteiger partial charge < -0.3 is 9.47 Å². The van der Waals surface area contributed by atoms with Crippen LogP contribution in [0, 0.1) is 11.8 Å². The van der Waals surface area contributed by atoms with Crippen molar-refractivity contribution < 1.29 is 14.3 Å². The first kappa shape index (κ1) is 20.7. The van der Waals surface area contributed by atoms with E-state index in [1.165, 1.54) is 6.42 Å². The van der Waals surface area contributed by atoms with Gasteiger partial charge >= 0.3 is 5.97 Å². The molecule has 3 aliphatic heterocycles. The fourth-order valence-corrected chi connectivity index (χ4v) is 5.32. The number of ether oxygens (including phenoxy) is 2. The van der Waals surface area contributed by atoms with Gasteiger partial charge in [-0.3, -0.25) is 9.88 Å². The van der Waals surface area contributed by atoms with Crippen molar-refractivity contribution in [3.05, 3.63) is 84.6 Å². The number of para-hydroxylation sites is 1. The minimum Gasteiger partial charge on any atom is -0.497 e. The van der Waals surface area contributed by atoms with Crippen molar-refractivity contribution in [2.45, 2.75) is 25.0 Å². The number of rotatable bonds is 6. The van der Waals surface area contributed by atoms with Gasteiger partial charge in [0, 0.05) is 23.7 Å². The number of benzene rings is 2. The molecule has 3 fully saturated rings. The summed E-state index contributed by atoms with van der Waals surface area (Å²) in [4.78, 5) is 20.2. The van der Waals surface area contributed by atoms with Crippen LogP contribution in [0.2, 0.25) is 0 Å². The molecule has 3 aliphatic rings. The van der Waals surface area contributed by atoms with Crippen molar-refractivity contribution in [1.82, 2.24) is 9.88 Å². The summed E-state index contributed by atoms with van der Waals surface area (Å²) in [6.45, 7) is 6.04. The number of nitrogens with zero attached hydrogens (tertiary/aromatic N) is 2. The molecule has 5 nitrogen and oxygen atoms in total. The highest BCUT2D eigenvalue weighted by atomic mass is 16.5. The molecule has 6 rings (SSSR count). The fourth-order valence-electron chi connectivity index (χ4n) is 5.32. The van der Waals surface area contributed by atoms with Crippen molar-refractivity contribution in [3.63, 3.8) is 0 Å². The van der Waals surface area contributed by atoms with Crippen LogP contribution in [0.25, 0.3) is 10.9 Å². The van der Waals surface area contributed by atoms with Crippen LogP contribution in [0.15, 0.2) is 73.4 Å². The molecule has 3 saturated heterocycles. The number of carbonyl (C=O) groups is 1. The molecule has 0 spiro atoms. The van der Waals surface area contributed by atoms with Crippen LogP contribution in [0.5, 0.6) is 5.75 Å². The Labute approximate surface area is 188 Å². The zero-order valence-corrected chi connectivity index (χ0v) is 18.3. The van der Waals surface area contributed by atoms with Crippen molar-refractivity contribution in [3.8, 4) is 5.75 Å². The number of carbonyl (C=O) groups excluding carboxylic acids is 1. The summed E-state index contributed by atoms with van der Waals surface area (Å²) in [6.07, 6.45) is 5.70. The second-order valence-electron chi connectivity index (χ2n) is 8.72. The van der Waals surface area contributed by atoms with Gasteiger partial charge in [0.25, 0.3) is 0 Å². The minimum absolute atomic E-state index is 0.137. The summed E-state index contributed by atoms with van der Waals surface area (Å²) in [5.41, 5.74) is 2.45. The number of aromatic nitrogens is 1. The Hall–Kier alpha value is -3.18. The second kappa shape index (κ2) is 8.75. The van der Waals surface area contributed by atoms with Crippen LogP contribution in [0.3, 0.4) is 0 Å².